The summed E-state index contributed by atoms with van der Waals surface area (Å²) < 4.78 is 25.2. The summed E-state index contributed by atoms with van der Waals surface area (Å²) in [5.41, 5.74) is 4.15. The number of aliphatic hydroxyl groups excluding tert-OH is 1. The molecule has 5 atom stereocenters. The van der Waals surface area contributed by atoms with Crippen molar-refractivity contribution < 1.29 is 30.9 Å². The van der Waals surface area contributed by atoms with Gasteiger partial charge in [0.25, 0.3) is 0 Å². The maximum Gasteiger partial charge on any atom is 0.132 e. The number of aromatic hydroxyl groups is 1. The molecule has 0 saturated heterocycles. The van der Waals surface area contributed by atoms with Gasteiger partial charge in [0.05, 0.1) is 19.0 Å². The van der Waals surface area contributed by atoms with Crippen molar-refractivity contribution in [2.24, 2.45) is 5.92 Å². The fourth-order valence-electron chi connectivity index (χ4n) is 9.24. The normalized spacial score (nSPS) is 28.7. The fourth-order valence-corrected chi connectivity index (χ4v) is 9.24. The van der Waals surface area contributed by atoms with Crippen molar-refractivity contribution in [1.29, 1.82) is 0 Å². The number of ether oxygens (including phenoxy) is 3. The van der Waals surface area contributed by atoms with E-state index in [-0.39, 0.29) is 31.2 Å². The Kier molecular flexibility index (Phi) is 12.2. The third kappa shape index (κ3) is 8.15. The van der Waals surface area contributed by atoms with Gasteiger partial charge in [0.2, 0.25) is 0 Å². The van der Waals surface area contributed by atoms with Gasteiger partial charge in [-0.3, -0.25) is 0 Å². The summed E-state index contributed by atoms with van der Waals surface area (Å²) in [6.45, 7) is 16.9. The lowest BCUT2D eigenvalue weighted by atomic mass is 9.61. The quantitative estimate of drug-likeness (QED) is 0.187. The monoisotopic (exact) mass is 705 g/mol. The van der Waals surface area contributed by atoms with Gasteiger partial charge in [-0.25, -0.2) is 0 Å². The summed E-state index contributed by atoms with van der Waals surface area (Å²) in [4.78, 5) is 0. The Bertz CT molecular complexity index is 1560. The van der Waals surface area contributed by atoms with E-state index in [2.05, 4.69) is 54.6 Å². The van der Waals surface area contributed by atoms with Gasteiger partial charge in [-0.1, -0.05) is 53.8 Å². The average molecular weight is 705 g/mol. The molecule has 2 aromatic carbocycles. The highest BCUT2D eigenvalue weighted by atomic mass is 16.5. The third-order valence-electron chi connectivity index (χ3n) is 12.0. The van der Waals surface area contributed by atoms with Gasteiger partial charge in [-0.2, -0.15) is 0 Å². The second-order valence-electron chi connectivity index (χ2n) is 16.9. The predicted molar refractivity (Wildman–Crippen MR) is 211 cm³/mol. The van der Waals surface area contributed by atoms with E-state index < -0.39 is 17.3 Å². The number of rotatable bonds is 8. The summed E-state index contributed by atoms with van der Waals surface area (Å²) in [6.07, 6.45) is 12.8. The summed E-state index contributed by atoms with van der Waals surface area (Å²) in [5.74, 6) is 4.19. The highest BCUT2D eigenvalue weighted by molar-refractivity contribution is 6.05. The molecule has 2 aromatic rings. The number of hydrogen-bond donors (Lipinski definition) is 3. The Labute approximate surface area is 312 Å². The lowest BCUT2D eigenvalue weighted by Crippen LogP contribution is -2.53. The van der Waals surface area contributed by atoms with Crippen LogP contribution in [0.5, 0.6) is 23.0 Å². The van der Waals surface area contributed by atoms with Crippen molar-refractivity contribution in [1.82, 2.24) is 0 Å². The van der Waals surface area contributed by atoms with Gasteiger partial charge in [-0.05, 0) is 140 Å². The first-order valence-corrected chi connectivity index (χ1v) is 19.2. The van der Waals surface area contributed by atoms with E-state index in [4.69, 9.17) is 15.6 Å². The largest absolute Gasteiger partial charge is 0.507 e. The van der Waals surface area contributed by atoms with Crippen LogP contribution in [0.25, 0.3) is 5.57 Å². The Morgan fingerprint density at radius 3 is 2.02 bits per heavy atom. The van der Waals surface area contributed by atoms with Crippen LogP contribution in [0.2, 0.25) is 6.80 Å². The Balaban J connectivity index is 0.000000213. The lowest BCUT2D eigenvalue weighted by Gasteiger charge is -2.55. The Morgan fingerprint density at radius 1 is 0.843 bits per heavy atom. The van der Waals surface area contributed by atoms with Crippen LogP contribution in [0.3, 0.4) is 0 Å². The summed E-state index contributed by atoms with van der Waals surface area (Å²) in [7, 11) is 4.51. The Hall–Kier alpha value is -2.64. The predicted octanol–water partition coefficient (Wildman–Crippen LogP) is 10.4. The van der Waals surface area contributed by atoms with Crippen molar-refractivity contribution in [3.05, 3.63) is 52.1 Å². The zero-order valence-electron chi connectivity index (χ0n) is 33.1. The molecule has 6 nitrogen and oxygen atoms in total. The number of fused-ring (bicyclic) bond motifs is 3. The van der Waals surface area contributed by atoms with E-state index in [0.29, 0.717) is 41.6 Å². The second-order valence-corrected chi connectivity index (χ2v) is 16.9. The van der Waals surface area contributed by atoms with E-state index in [9.17, 15) is 15.3 Å². The summed E-state index contributed by atoms with van der Waals surface area (Å²) in [5, 5.41) is 32.0. The van der Waals surface area contributed by atoms with Gasteiger partial charge in [0.15, 0.2) is 0 Å². The van der Waals surface area contributed by atoms with Crippen LogP contribution in [-0.2, 0) is 12.8 Å². The molecule has 2 aliphatic carbocycles. The van der Waals surface area contributed by atoms with Crippen LogP contribution in [0.15, 0.2) is 29.8 Å². The van der Waals surface area contributed by atoms with Crippen LogP contribution in [0.4, 0.5) is 0 Å². The maximum atomic E-state index is 10.8. The number of phenolic OH excluding ortho intramolecular Hbond substituents is 1. The van der Waals surface area contributed by atoms with Gasteiger partial charge >= 0.3 is 0 Å². The van der Waals surface area contributed by atoms with Crippen LogP contribution in [-0.4, -0.2) is 51.7 Å². The molecule has 5 aliphatic rings. The van der Waals surface area contributed by atoms with Gasteiger partial charge in [0, 0.05) is 24.3 Å². The second kappa shape index (κ2) is 15.8. The molecule has 0 spiro atoms. The van der Waals surface area contributed by atoms with Crippen LogP contribution in [0, 0.1) is 5.92 Å². The van der Waals surface area contributed by atoms with Gasteiger partial charge in [-0.15, -0.1) is 0 Å². The minimum absolute atomic E-state index is 0. The van der Waals surface area contributed by atoms with Crippen LogP contribution < -0.4 is 14.2 Å². The average Bonchev–Trinajstić information content (AvgIpc) is 3.02. The lowest BCUT2D eigenvalue weighted by molar-refractivity contribution is -0.0728. The molecule has 282 valence electrons. The molecule has 7 heteroatoms. The molecule has 2 bridgehead atoms. The molecule has 7 rings (SSSR count). The first-order chi connectivity index (χ1) is 24.0. The van der Waals surface area contributed by atoms with Crippen molar-refractivity contribution in [2.45, 2.75) is 188 Å². The maximum absolute atomic E-state index is 10.8. The van der Waals surface area contributed by atoms with Crippen LogP contribution in [0.1, 0.15) is 163 Å². The molecule has 51 heavy (non-hydrogen) atoms. The van der Waals surface area contributed by atoms with E-state index in [1.165, 1.54) is 36.8 Å². The van der Waals surface area contributed by atoms with Crippen molar-refractivity contribution >= 4 is 13.4 Å². The molecular formula is C44H67BO6. The minimum atomic E-state index is -1.20. The van der Waals surface area contributed by atoms with Crippen molar-refractivity contribution in [3.8, 4) is 23.0 Å². The number of benzene rings is 2. The Morgan fingerprint density at radius 2 is 1.41 bits per heavy atom. The molecule has 1 fully saturated rings. The summed E-state index contributed by atoms with van der Waals surface area (Å²) in [6, 6.07) is 8.36. The van der Waals surface area contributed by atoms with E-state index in [1.807, 2.05) is 19.9 Å². The highest BCUT2D eigenvalue weighted by Crippen LogP contribution is 2.60. The van der Waals surface area contributed by atoms with E-state index >= 15 is 0 Å². The third-order valence-corrected chi connectivity index (χ3v) is 12.0. The zero-order valence-corrected chi connectivity index (χ0v) is 32.1. The number of phenols is 1. The molecule has 0 aromatic heterocycles. The van der Waals surface area contributed by atoms with E-state index in [1.54, 1.807) is 13.0 Å². The van der Waals surface area contributed by atoms with Crippen LogP contribution >= 0.6 is 0 Å². The molecule has 2 radical (unpaired) electrons. The number of hydrogen-bond acceptors (Lipinski definition) is 6. The molecule has 3 aliphatic heterocycles. The molecular weight excluding hydrogens is 635 g/mol. The smallest absolute Gasteiger partial charge is 0.132 e. The SMILES string of the molecule is C.CCCCCc1cc(O)c2c(c1)OC(C)(C)C1=C2C(O)C(C)(O)CC1.CCCCCc1cc2c3c(c1)OC(C)(C)C1CCC(C)(CC31)O2.[3H]C[B]. The van der Waals surface area contributed by atoms with Gasteiger partial charge in [0.1, 0.15) is 45.9 Å². The highest BCUT2D eigenvalue weighted by Gasteiger charge is 2.54. The van der Waals surface area contributed by atoms with E-state index in [0.717, 1.165) is 67.6 Å². The topological polar surface area (TPSA) is 88.4 Å². The van der Waals surface area contributed by atoms with Crippen molar-refractivity contribution in [3.63, 3.8) is 0 Å². The molecule has 0 amide bonds. The molecule has 3 N–H and O–H groups in total. The fraction of sp³-hybridized carbons (Fsp3) is 0.682. The number of unbranched alkanes of at least 4 members (excludes halogenated alkanes) is 4. The number of aryl methyl sites for hydroxylation is 2. The number of aliphatic hydroxyl groups is 2. The standard InChI is InChI=1S/C21H30O4.C21H30O2.CH3B.CH4/c1-5-6-7-8-13-11-15(22)18-16(12-13)25-20(2,3)14-9-10-21(4,24)19(23)17(14)18;1-5-6-7-8-14-11-17-19-15-13-21(4,23-18(19)12-14)10-9-16(15)20(2,3)22-17;1-2;/h11-12,19,22-24H,5-10H2,1-4H3;11-12,15-16H,5-10,13H2,1-4H3;1H3;1H4/i;;1T;. The summed E-state index contributed by atoms with van der Waals surface area (Å²) >= 11 is 0. The first kappa shape index (κ1) is 39.6. The molecule has 3 heterocycles. The van der Waals surface area contributed by atoms with Gasteiger partial charge < -0.3 is 29.5 Å². The zero-order chi connectivity index (χ0) is 37.4. The molecule has 1 saturated carbocycles. The molecule has 5 unspecified atom stereocenters. The first-order valence-electron chi connectivity index (χ1n) is 19.9. The van der Waals surface area contributed by atoms with Crippen molar-refractivity contribution in [2.75, 3.05) is 0 Å². The minimum Gasteiger partial charge on any atom is -0.507 e.